The van der Waals surface area contributed by atoms with Crippen LogP contribution in [0.25, 0.3) is 0 Å². The van der Waals surface area contributed by atoms with Gasteiger partial charge in [-0.1, -0.05) is 38.1 Å². The smallest absolute Gasteiger partial charge is 0.164 e. The van der Waals surface area contributed by atoms with E-state index < -0.39 is 0 Å². The van der Waals surface area contributed by atoms with Crippen LogP contribution in [0.1, 0.15) is 49.0 Å². The lowest BCUT2D eigenvalue weighted by Crippen LogP contribution is -2.39. The number of nitrogens with zero attached hydrogens (tertiary/aromatic N) is 1. The predicted octanol–water partition coefficient (Wildman–Crippen LogP) is 3.26. The van der Waals surface area contributed by atoms with Crippen LogP contribution < -0.4 is 0 Å². The van der Waals surface area contributed by atoms with Gasteiger partial charge in [0.25, 0.3) is 0 Å². The fourth-order valence-electron chi connectivity index (χ4n) is 3.18. The van der Waals surface area contributed by atoms with Crippen molar-refractivity contribution in [3.63, 3.8) is 0 Å². The second kappa shape index (κ2) is 5.23. The van der Waals surface area contributed by atoms with Gasteiger partial charge in [-0.25, -0.2) is 0 Å². The molecule has 0 unspecified atom stereocenters. The fraction of sp³-hybridized carbons (Fsp3) is 0.562. The Morgan fingerprint density at radius 3 is 2.39 bits per heavy atom. The molecule has 3 rings (SSSR count). The SMILES string of the molecule is CC.CN1CCC2(CC1)CC(=O)c1ccccc12. The minimum Gasteiger partial charge on any atom is -0.306 e. The van der Waals surface area contributed by atoms with Gasteiger partial charge in [0.15, 0.2) is 5.78 Å². The summed E-state index contributed by atoms with van der Waals surface area (Å²) in [6.07, 6.45) is 3.00. The number of hydrogen-bond donors (Lipinski definition) is 0. The van der Waals surface area contributed by atoms with Crippen molar-refractivity contribution in [1.29, 1.82) is 0 Å². The number of hydrogen-bond acceptors (Lipinski definition) is 2. The molecule has 1 heterocycles. The van der Waals surface area contributed by atoms with Crippen LogP contribution in [0, 0.1) is 0 Å². The number of ketones is 1. The lowest BCUT2D eigenvalue weighted by molar-refractivity contribution is 0.0946. The summed E-state index contributed by atoms with van der Waals surface area (Å²) in [7, 11) is 2.16. The Labute approximate surface area is 110 Å². The lowest BCUT2D eigenvalue weighted by atomic mass is 9.74. The van der Waals surface area contributed by atoms with E-state index in [9.17, 15) is 4.79 Å². The molecule has 1 aromatic rings. The zero-order valence-corrected chi connectivity index (χ0v) is 11.7. The topological polar surface area (TPSA) is 20.3 Å². The average Bonchev–Trinajstić information content (AvgIpc) is 2.70. The van der Waals surface area contributed by atoms with Crippen LogP contribution in [-0.2, 0) is 5.41 Å². The summed E-state index contributed by atoms with van der Waals surface area (Å²) in [5.41, 5.74) is 2.46. The van der Waals surface area contributed by atoms with Crippen molar-refractivity contribution in [3.8, 4) is 0 Å². The molecular weight excluding hydrogens is 222 g/mol. The highest BCUT2D eigenvalue weighted by atomic mass is 16.1. The largest absolute Gasteiger partial charge is 0.306 e. The molecule has 0 amide bonds. The lowest BCUT2D eigenvalue weighted by Gasteiger charge is -2.38. The second-order valence-electron chi connectivity index (χ2n) is 5.23. The molecule has 0 radical (unpaired) electrons. The maximum atomic E-state index is 12.0. The zero-order valence-electron chi connectivity index (χ0n) is 11.7. The first-order chi connectivity index (χ1) is 8.71. The Morgan fingerprint density at radius 1 is 1.11 bits per heavy atom. The molecule has 1 saturated heterocycles. The Morgan fingerprint density at radius 2 is 1.72 bits per heavy atom. The summed E-state index contributed by atoms with van der Waals surface area (Å²) in [5, 5.41) is 0. The van der Waals surface area contributed by atoms with Gasteiger partial charge in [-0.15, -0.1) is 0 Å². The maximum Gasteiger partial charge on any atom is 0.164 e. The molecule has 2 heteroatoms. The standard InChI is InChI=1S/C14H17NO.C2H6/c1-15-8-6-14(7-9-15)10-13(16)11-4-2-3-5-12(11)14;1-2/h2-5H,6-10H2,1H3;1-2H3. The highest BCUT2D eigenvalue weighted by Crippen LogP contribution is 2.45. The van der Waals surface area contributed by atoms with Crippen molar-refractivity contribution in [2.45, 2.75) is 38.5 Å². The Hall–Kier alpha value is -1.15. The van der Waals surface area contributed by atoms with Crippen molar-refractivity contribution >= 4 is 5.78 Å². The van der Waals surface area contributed by atoms with Gasteiger partial charge in [-0.3, -0.25) is 4.79 Å². The van der Waals surface area contributed by atoms with Gasteiger partial charge in [0.2, 0.25) is 0 Å². The van der Waals surface area contributed by atoms with Gasteiger partial charge in [0, 0.05) is 17.4 Å². The molecule has 1 aromatic carbocycles. The summed E-state index contributed by atoms with van der Waals surface area (Å²) < 4.78 is 0. The molecule has 1 aliphatic heterocycles. The van der Waals surface area contributed by atoms with E-state index in [-0.39, 0.29) is 5.41 Å². The van der Waals surface area contributed by atoms with E-state index >= 15 is 0 Å². The molecule has 2 aliphatic rings. The van der Waals surface area contributed by atoms with Gasteiger partial charge in [0.1, 0.15) is 0 Å². The maximum absolute atomic E-state index is 12.0. The number of piperidine rings is 1. The molecule has 0 bridgehead atoms. The molecule has 0 N–H and O–H groups in total. The van der Waals surface area contributed by atoms with E-state index in [0.29, 0.717) is 5.78 Å². The van der Waals surface area contributed by atoms with E-state index in [2.05, 4.69) is 24.1 Å². The fourth-order valence-corrected chi connectivity index (χ4v) is 3.18. The van der Waals surface area contributed by atoms with Crippen molar-refractivity contribution < 1.29 is 4.79 Å². The van der Waals surface area contributed by atoms with Crippen LogP contribution in [0.2, 0.25) is 0 Å². The number of carbonyl (C=O) groups is 1. The summed E-state index contributed by atoms with van der Waals surface area (Å²) in [5.74, 6) is 0.347. The predicted molar refractivity (Wildman–Crippen MR) is 75.1 cm³/mol. The summed E-state index contributed by atoms with van der Waals surface area (Å²) in [6, 6.07) is 8.19. The van der Waals surface area contributed by atoms with Gasteiger partial charge in [0.05, 0.1) is 0 Å². The number of fused-ring (bicyclic) bond motifs is 2. The van der Waals surface area contributed by atoms with E-state index in [1.807, 2.05) is 26.0 Å². The Bertz CT molecular complexity index is 430. The summed E-state index contributed by atoms with van der Waals surface area (Å²) in [6.45, 7) is 6.23. The van der Waals surface area contributed by atoms with Crippen LogP contribution in [0.3, 0.4) is 0 Å². The quantitative estimate of drug-likeness (QED) is 0.699. The van der Waals surface area contributed by atoms with E-state index in [1.54, 1.807) is 0 Å². The van der Waals surface area contributed by atoms with Gasteiger partial charge < -0.3 is 4.90 Å². The number of benzene rings is 1. The van der Waals surface area contributed by atoms with Gasteiger partial charge in [-0.05, 0) is 38.5 Å². The Kier molecular flexibility index (Phi) is 3.86. The zero-order chi connectivity index (χ0) is 13.2. The molecular formula is C16H23NO. The van der Waals surface area contributed by atoms with Gasteiger partial charge >= 0.3 is 0 Å². The third-order valence-electron chi connectivity index (χ3n) is 4.24. The van der Waals surface area contributed by atoms with Crippen molar-refractivity contribution in [2.75, 3.05) is 20.1 Å². The van der Waals surface area contributed by atoms with E-state index in [4.69, 9.17) is 0 Å². The molecule has 0 saturated carbocycles. The van der Waals surface area contributed by atoms with Crippen LogP contribution in [0.4, 0.5) is 0 Å². The summed E-state index contributed by atoms with van der Waals surface area (Å²) >= 11 is 0. The van der Waals surface area contributed by atoms with Crippen LogP contribution >= 0.6 is 0 Å². The first-order valence-corrected chi connectivity index (χ1v) is 7.03. The average molecular weight is 245 g/mol. The molecule has 18 heavy (non-hydrogen) atoms. The first kappa shape index (κ1) is 13.3. The van der Waals surface area contributed by atoms with E-state index in [1.165, 1.54) is 5.56 Å². The third-order valence-corrected chi connectivity index (χ3v) is 4.24. The monoisotopic (exact) mass is 245 g/mol. The first-order valence-electron chi connectivity index (χ1n) is 7.03. The minimum absolute atomic E-state index is 0.167. The number of Topliss-reactive ketones (excluding diaryl/α,β-unsaturated/α-hetero) is 1. The molecule has 1 spiro atoms. The van der Waals surface area contributed by atoms with Crippen molar-refractivity contribution in [1.82, 2.24) is 4.90 Å². The molecule has 0 atom stereocenters. The van der Waals surface area contributed by atoms with Crippen LogP contribution in [-0.4, -0.2) is 30.8 Å². The van der Waals surface area contributed by atoms with Gasteiger partial charge in [-0.2, -0.15) is 0 Å². The normalized spacial score (nSPS) is 21.4. The Balaban J connectivity index is 0.000000574. The molecule has 98 valence electrons. The number of rotatable bonds is 0. The highest BCUT2D eigenvalue weighted by molar-refractivity contribution is 6.02. The second-order valence-corrected chi connectivity index (χ2v) is 5.23. The summed E-state index contributed by atoms with van der Waals surface area (Å²) in [4.78, 5) is 14.4. The van der Waals surface area contributed by atoms with Crippen LogP contribution in [0.5, 0.6) is 0 Å². The molecule has 2 nitrogen and oxygen atoms in total. The van der Waals surface area contributed by atoms with Crippen LogP contribution in [0.15, 0.2) is 24.3 Å². The molecule has 1 aliphatic carbocycles. The van der Waals surface area contributed by atoms with Crippen molar-refractivity contribution in [3.05, 3.63) is 35.4 Å². The molecule has 1 fully saturated rings. The number of carbonyl (C=O) groups excluding carboxylic acids is 1. The van der Waals surface area contributed by atoms with Crippen molar-refractivity contribution in [2.24, 2.45) is 0 Å². The molecule has 0 aromatic heterocycles. The third kappa shape index (κ3) is 2.10. The van der Waals surface area contributed by atoms with E-state index in [0.717, 1.165) is 37.9 Å². The minimum atomic E-state index is 0.167. The highest BCUT2D eigenvalue weighted by Gasteiger charge is 2.44. The number of likely N-dealkylation sites (tertiary alicyclic amines) is 1.